The molecule has 3 rings (SSSR count). The molecule has 3 fully saturated rings. The van der Waals surface area contributed by atoms with Gasteiger partial charge in [0.25, 0.3) is 0 Å². The molecular formula is C15H26O2. The van der Waals surface area contributed by atoms with Crippen molar-refractivity contribution in [2.75, 3.05) is 7.11 Å². The van der Waals surface area contributed by atoms with Crippen LogP contribution in [0.25, 0.3) is 0 Å². The zero-order valence-electron chi connectivity index (χ0n) is 11.6. The minimum absolute atomic E-state index is 0.0503. The van der Waals surface area contributed by atoms with Crippen LogP contribution in [0.2, 0.25) is 0 Å². The molecule has 0 aliphatic heterocycles. The monoisotopic (exact) mass is 238 g/mol. The van der Waals surface area contributed by atoms with Gasteiger partial charge in [-0.2, -0.15) is 0 Å². The third kappa shape index (κ3) is 2.23. The van der Waals surface area contributed by atoms with Gasteiger partial charge in [-0.15, -0.1) is 0 Å². The molecule has 0 radical (unpaired) electrons. The van der Waals surface area contributed by atoms with Gasteiger partial charge in [0.1, 0.15) is 0 Å². The van der Waals surface area contributed by atoms with Crippen molar-refractivity contribution in [3.05, 3.63) is 0 Å². The van der Waals surface area contributed by atoms with Crippen molar-refractivity contribution in [1.82, 2.24) is 0 Å². The van der Waals surface area contributed by atoms with Crippen molar-refractivity contribution in [2.45, 2.75) is 65.2 Å². The van der Waals surface area contributed by atoms with Gasteiger partial charge >= 0.3 is 5.97 Å². The second kappa shape index (κ2) is 4.62. The highest BCUT2D eigenvalue weighted by Gasteiger charge is 2.52. The van der Waals surface area contributed by atoms with Gasteiger partial charge in [0.15, 0.2) is 0 Å². The molecule has 17 heavy (non-hydrogen) atoms. The molecule has 2 bridgehead atoms. The molecule has 2 nitrogen and oxygen atoms in total. The second-order valence-electron chi connectivity index (χ2n) is 6.49. The van der Waals surface area contributed by atoms with E-state index in [0.717, 1.165) is 25.2 Å². The quantitative estimate of drug-likeness (QED) is 0.693. The van der Waals surface area contributed by atoms with E-state index in [4.69, 9.17) is 4.74 Å². The lowest BCUT2D eigenvalue weighted by Gasteiger charge is -2.52. The van der Waals surface area contributed by atoms with Crippen molar-refractivity contribution in [3.63, 3.8) is 0 Å². The van der Waals surface area contributed by atoms with E-state index >= 15 is 0 Å². The summed E-state index contributed by atoms with van der Waals surface area (Å²) in [7, 11) is 1.53. The first-order chi connectivity index (χ1) is 8.06. The van der Waals surface area contributed by atoms with Crippen molar-refractivity contribution in [2.24, 2.45) is 16.7 Å². The summed E-state index contributed by atoms with van der Waals surface area (Å²) >= 11 is 0. The van der Waals surface area contributed by atoms with Crippen LogP contribution in [0, 0.1) is 16.7 Å². The number of hydrogen-bond donors (Lipinski definition) is 0. The van der Waals surface area contributed by atoms with Crippen LogP contribution in [-0.4, -0.2) is 13.1 Å². The van der Waals surface area contributed by atoms with E-state index in [1.807, 2.05) is 0 Å². The molecule has 0 aromatic heterocycles. The van der Waals surface area contributed by atoms with E-state index in [1.165, 1.54) is 39.2 Å². The molecule has 0 amide bonds. The number of methoxy groups -OCH3 is 1. The second-order valence-corrected chi connectivity index (χ2v) is 6.49. The van der Waals surface area contributed by atoms with E-state index in [0.29, 0.717) is 5.41 Å². The van der Waals surface area contributed by atoms with Crippen molar-refractivity contribution >= 4 is 5.97 Å². The van der Waals surface area contributed by atoms with Gasteiger partial charge in [-0.05, 0) is 56.3 Å². The lowest BCUT2D eigenvalue weighted by Crippen LogP contribution is -2.46. The molecule has 0 heterocycles. The number of esters is 1. The highest BCUT2D eigenvalue weighted by molar-refractivity contribution is 5.77. The molecule has 3 saturated carbocycles. The number of hydrogen-bond acceptors (Lipinski definition) is 2. The topological polar surface area (TPSA) is 26.3 Å². The minimum atomic E-state index is -0.105. The summed E-state index contributed by atoms with van der Waals surface area (Å²) in [4.78, 5) is 11.9. The molecule has 2 heteroatoms. The maximum atomic E-state index is 11.9. The zero-order chi connectivity index (χ0) is 12.5. The van der Waals surface area contributed by atoms with Crippen molar-refractivity contribution in [1.29, 1.82) is 0 Å². The molecule has 0 saturated heterocycles. The molecule has 3 aliphatic carbocycles. The molecule has 1 unspecified atom stereocenters. The molecule has 1 atom stereocenters. The van der Waals surface area contributed by atoms with Crippen LogP contribution in [0.5, 0.6) is 0 Å². The third-order valence-corrected chi connectivity index (χ3v) is 5.50. The molecule has 3 aliphatic rings. The summed E-state index contributed by atoms with van der Waals surface area (Å²) in [6, 6.07) is 0. The van der Waals surface area contributed by atoms with Gasteiger partial charge in [-0.1, -0.05) is 20.3 Å². The summed E-state index contributed by atoms with van der Waals surface area (Å²) in [6.07, 6.45) is 9.57. The first kappa shape index (κ1) is 12.9. The molecule has 0 N–H and O–H groups in total. The zero-order valence-corrected chi connectivity index (χ0v) is 11.6. The maximum Gasteiger partial charge on any atom is 0.311 e. The van der Waals surface area contributed by atoms with E-state index in [9.17, 15) is 4.79 Å². The standard InChI is InChI=1S/C15H26O2/c1-4-12(2)11-14-5-8-15(9-6-14,10-7-14)13(16)17-3/h12H,4-11H2,1-3H3. The fraction of sp³-hybridized carbons (Fsp3) is 0.933. The Morgan fingerprint density at radius 2 is 1.71 bits per heavy atom. The van der Waals surface area contributed by atoms with Crippen molar-refractivity contribution < 1.29 is 9.53 Å². The van der Waals surface area contributed by atoms with Gasteiger partial charge < -0.3 is 4.74 Å². The Hall–Kier alpha value is -0.530. The highest BCUT2D eigenvalue weighted by atomic mass is 16.5. The summed E-state index contributed by atoms with van der Waals surface area (Å²) < 4.78 is 5.00. The number of carbonyl (C=O) groups is 1. The Morgan fingerprint density at radius 1 is 1.18 bits per heavy atom. The lowest BCUT2D eigenvalue weighted by molar-refractivity contribution is -0.163. The van der Waals surface area contributed by atoms with Crippen LogP contribution in [0.4, 0.5) is 0 Å². The molecule has 98 valence electrons. The van der Waals surface area contributed by atoms with Crippen LogP contribution in [0.3, 0.4) is 0 Å². The molecule has 0 aromatic carbocycles. The van der Waals surface area contributed by atoms with Gasteiger partial charge in [-0.3, -0.25) is 4.79 Å². The number of rotatable bonds is 4. The summed E-state index contributed by atoms with van der Waals surface area (Å²) in [5, 5.41) is 0. The van der Waals surface area contributed by atoms with Crippen LogP contribution in [0.15, 0.2) is 0 Å². The third-order valence-electron chi connectivity index (χ3n) is 5.50. The van der Waals surface area contributed by atoms with E-state index in [-0.39, 0.29) is 11.4 Å². The Bertz CT molecular complexity index is 271. The average molecular weight is 238 g/mol. The molecular weight excluding hydrogens is 212 g/mol. The first-order valence-corrected chi connectivity index (χ1v) is 7.14. The van der Waals surface area contributed by atoms with Crippen LogP contribution < -0.4 is 0 Å². The fourth-order valence-electron chi connectivity index (χ4n) is 3.98. The number of fused-ring (bicyclic) bond motifs is 3. The van der Waals surface area contributed by atoms with Crippen LogP contribution in [0.1, 0.15) is 65.2 Å². The summed E-state index contributed by atoms with van der Waals surface area (Å²) in [6.45, 7) is 4.65. The van der Waals surface area contributed by atoms with Gasteiger partial charge in [0.2, 0.25) is 0 Å². The van der Waals surface area contributed by atoms with E-state index in [2.05, 4.69) is 13.8 Å². The van der Waals surface area contributed by atoms with Gasteiger partial charge in [0.05, 0.1) is 12.5 Å². The number of carbonyl (C=O) groups excluding carboxylic acids is 1. The lowest BCUT2D eigenvalue weighted by atomic mass is 9.52. The average Bonchev–Trinajstić information content (AvgIpc) is 2.39. The Morgan fingerprint density at radius 3 is 2.12 bits per heavy atom. The Kier molecular flexibility index (Phi) is 3.51. The first-order valence-electron chi connectivity index (χ1n) is 7.14. The SMILES string of the molecule is CCC(C)CC12CCC(C(=O)OC)(CC1)CC2. The Labute approximate surface area is 105 Å². The Balaban J connectivity index is 2.02. The predicted molar refractivity (Wildman–Crippen MR) is 68.7 cm³/mol. The molecule has 0 spiro atoms. The normalized spacial score (nSPS) is 37.8. The summed E-state index contributed by atoms with van der Waals surface area (Å²) in [5.74, 6) is 0.882. The van der Waals surface area contributed by atoms with Gasteiger partial charge in [0, 0.05) is 0 Å². The minimum Gasteiger partial charge on any atom is -0.469 e. The van der Waals surface area contributed by atoms with Crippen molar-refractivity contribution in [3.8, 4) is 0 Å². The number of ether oxygens (including phenoxy) is 1. The van der Waals surface area contributed by atoms with Crippen LogP contribution >= 0.6 is 0 Å². The summed E-state index contributed by atoms with van der Waals surface area (Å²) in [5.41, 5.74) is 0.456. The van der Waals surface area contributed by atoms with E-state index in [1.54, 1.807) is 0 Å². The predicted octanol–water partition coefficient (Wildman–Crippen LogP) is 3.94. The largest absolute Gasteiger partial charge is 0.469 e. The smallest absolute Gasteiger partial charge is 0.311 e. The van der Waals surface area contributed by atoms with E-state index < -0.39 is 0 Å². The molecule has 0 aromatic rings. The maximum absolute atomic E-state index is 11.9. The van der Waals surface area contributed by atoms with Gasteiger partial charge in [-0.25, -0.2) is 0 Å². The highest BCUT2D eigenvalue weighted by Crippen LogP contribution is 2.59. The van der Waals surface area contributed by atoms with Crippen LogP contribution in [-0.2, 0) is 9.53 Å². The fourth-order valence-corrected chi connectivity index (χ4v) is 3.98.